The number of benzene rings is 2. The Kier molecular flexibility index (Phi) is 5.26. The summed E-state index contributed by atoms with van der Waals surface area (Å²) in [4.78, 5) is 21.8. The van der Waals surface area contributed by atoms with Crippen LogP contribution in [0.2, 0.25) is 0 Å². The summed E-state index contributed by atoms with van der Waals surface area (Å²) >= 11 is 1.59. The van der Waals surface area contributed by atoms with Crippen molar-refractivity contribution in [2.24, 2.45) is 0 Å². The molecule has 1 aliphatic heterocycles. The van der Waals surface area contributed by atoms with E-state index in [0.29, 0.717) is 12.4 Å². The van der Waals surface area contributed by atoms with Gasteiger partial charge in [0.1, 0.15) is 28.5 Å². The lowest BCUT2D eigenvalue weighted by molar-refractivity contribution is 0.461. The first-order valence-electron chi connectivity index (χ1n) is 12.2. The monoisotopic (exact) mass is 514 g/mol. The molecule has 38 heavy (non-hydrogen) atoms. The number of aromatic amines is 1. The molecule has 1 aliphatic rings. The number of rotatable bonds is 5. The highest BCUT2D eigenvalue weighted by Gasteiger charge is 2.24. The van der Waals surface area contributed by atoms with E-state index in [1.807, 2.05) is 31.2 Å². The Labute approximate surface area is 222 Å². The minimum Gasteiger partial charge on any atom is -0.439 e. The standard InChI is InChI=1S/C30H22N6OS/c1-3-25-35-23(15-38-25)18-7-9-19(10-8-18)28-26-22-12-11-21(37-24-6-4-5-17(2)34-24)13-20(22)14-31-29-27(26)30(36-28)33-16-32-29/h3-13,15-16H,1,14H2,2H3,(H2,31,32,33,36). The number of pyridine rings is 1. The first-order chi connectivity index (χ1) is 18.7. The van der Waals surface area contributed by atoms with Gasteiger partial charge in [0.05, 0.1) is 16.8 Å². The molecule has 6 aromatic rings. The molecule has 0 aliphatic carbocycles. The Balaban J connectivity index is 1.33. The molecule has 0 atom stereocenters. The summed E-state index contributed by atoms with van der Waals surface area (Å²) in [5, 5.41) is 7.44. The first-order valence-corrected chi connectivity index (χ1v) is 13.1. The number of fused-ring (bicyclic) bond motifs is 2. The predicted molar refractivity (Wildman–Crippen MR) is 152 cm³/mol. The second-order valence-electron chi connectivity index (χ2n) is 9.07. The third-order valence-electron chi connectivity index (χ3n) is 6.63. The van der Waals surface area contributed by atoms with Gasteiger partial charge in [0, 0.05) is 34.8 Å². The van der Waals surface area contributed by atoms with Crippen LogP contribution in [0.1, 0.15) is 16.3 Å². The molecule has 0 bridgehead atoms. The molecule has 0 amide bonds. The van der Waals surface area contributed by atoms with E-state index >= 15 is 0 Å². The number of aromatic nitrogens is 5. The molecule has 184 valence electrons. The number of thiazole rings is 1. The summed E-state index contributed by atoms with van der Waals surface area (Å²) < 4.78 is 6.09. The van der Waals surface area contributed by atoms with Crippen LogP contribution in [-0.4, -0.2) is 24.9 Å². The lowest BCUT2D eigenvalue weighted by Gasteiger charge is -2.12. The molecule has 2 N–H and O–H groups in total. The first kappa shape index (κ1) is 22.4. The van der Waals surface area contributed by atoms with Crippen molar-refractivity contribution in [3.63, 3.8) is 0 Å². The third-order valence-corrected chi connectivity index (χ3v) is 7.47. The molecular formula is C30H22N6OS. The number of hydrogen-bond acceptors (Lipinski definition) is 7. The van der Waals surface area contributed by atoms with Gasteiger partial charge in [-0.3, -0.25) is 0 Å². The van der Waals surface area contributed by atoms with E-state index < -0.39 is 0 Å². The smallest absolute Gasteiger partial charge is 0.219 e. The van der Waals surface area contributed by atoms with Crippen LogP contribution in [0.4, 0.5) is 5.82 Å². The summed E-state index contributed by atoms with van der Waals surface area (Å²) in [6.45, 7) is 6.38. The van der Waals surface area contributed by atoms with Gasteiger partial charge in [0.25, 0.3) is 0 Å². The molecule has 0 unspecified atom stereocenters. The maximum Gasteiger partial charge on any atom is 0.219 e. The van der Waals surface area contributed by atoms with Gasteiger partial charge < -0.3 is 15.0 Å². The van der Waals surface area contributed by atoms with E-state index in [-0.39, 0.29) is 0 Å². The Bertz CT molecular complexity index is 1840. The van der Waals surface area contributed by atoms with Crippen LogP contribution in [0.15, 0.2) is 78.9 Å². The Morgan fingerprint density at radius 1 is 1.00 bits per heavy atom. The third kappa shape index (κ3) is 3.82. The molecule has 2 aromatic carbocycles. The zero-order valence-electron chi connectivity index (χ0n) is 20.5. The molecule has 7 nitrogen and oxygen atoms in total. The number of aryl methyl sites for hydroxylation is 1. The number of H-pyrrole nitrogens is 1. The second-order valence-corrected chi connectivity index (χ2v) is 9.95. The zero-order valence-corrected chi connectivity index (χ0v) is 21.3. The van der Waals surface area contributed by atoms with E-state index in [4.69, 9.17) is 4.74 Å². The van der Waals surface area contributed by atoms with Crippen molar-refractivity contribution >= 4 is 34.3 Å². The Morgan fingerprint density at radius 2 is 1.87 bits per heavy atom. The number of nitrogens with zero attached hydrogens (tertiary/aromatic N) is 4. The van der Waals surface area contributed by atoms with E-state index in [1.165, 1.54) is 0 Å². The molecule has 0 saturated carbocycles. The minimum atomic E-state index is 0.575. The fraction of sp³-hybridized carbons (Fsp3) is 0.0667. The van der Waals surface area contributed by atoms with Crippen LogP contribution in [0.25, 0.3) is 50.8 Å². The fourth-order valence-electron chi connectivity index (χ4n) is 4.86. The van der Waals surface area contributed by atoms with Gasteiger partial charge >= 0.3 is 0 Å². The van der Waals surface area contributed by atoms with Crippen LogP contribution in [-0.2, 0) is 6.54 Å². The summed E-state index contributed by atoms with van der Waals surface area (Å²) in [5.41, 5.74) is 9.06. The van der Waals surface area contributed by atoms with Crippen LogP contribution in [0.3, 0.4) is 0 Å². The molecule has 8 heteroatoms. The molecule has 0 spiro atoms. The molecule has 4 aromatic heterocycles. The van der Waals surface area contributed by atoms with Gasteiger partial charge in [-0.05, 0) is 47.9 Å². The summed E-state index contributed by atoms with van der Waals surface area (Å²) in [7, 11) is 0. The van der Waals surface area contributed by atoms with Crippen molar-refractivity contribution in [2.75, 3.05) is 5.32 Å². The summed E-state index contributed by atoms with van der Waals surface area (Å²) in [5.74, 6) is 2.12. The highest BCUT2D eigenvalue weighted by Crippen LogP contribution is 2.44. The predicted octanol–water partition coefficient (Wildman–Crippen LogP) is 7.48. The number of nitrogens with one attached hydrogen (secondary N) is 2. The highest BCUT2D eigenvalue weighted by atomic mass is 32.1. The van der Waals surface area contributed by atoms with Crippen molar-refractivity contribution in [3.05, 3.63) is 95.2 Å². The zero-order chi connectivity index (χ0) is 25.6. The van der Waals surface area contributed by atoms with Crippen LogP contribution in [0, 0.1) is 6.92 Å². The quantitative estimate of drug-likeness (QED) is 0.248. The number of hydrogen-bond donors (Lipinski definition) is 2. The minimum absolute atomic E-state index is 0.575. The lowest BCUT2D eigenvalue weighted by atomic mass is 9.95. The van der Waals surface area contributed by atoms with Crippen molar-refractivity contribution in [1.29, 1.82) is 0 Å². The topological polar surface area (TPSA) is 88.6 Å². The molecule has 5 heterocycles. The summed E-state index contributed by atoms with van der Waals surface area (Å²) in [6.07, 6.45) is 3.36. The average Bonchev–Trinajstić information content (AvgIpc) is 3.54. The normalized spacial score (nSPS) is 12.0. The lowest BCUT2D eigenvalue weighted by Crippen LogP contribution is -2.01. The van der Waals surface area contributed by atoms with Gasteiger partial charge in [0.15, 0.2) is 0 Å². The Morgan fingerprint density at radius 3 is 2.68 bits per heavy atom. The van der Waals surface area contributed by atoms with Gasteiger partial charge in [-0.25, -0.2) is 19.9 Å². The van der Waals surface area contributed by atoms with Crippen LogP contribution >= 0.6 is 11.3 Å². The van der Waals surface area contributed by atoms with E-state index in [2.05, 4.69) is 78.6 Å². The maximum atomic E-state index is 6.09. The molecular weight excluding hydrogens is 492 g/mol. The van der Waals surface area contributed by atoms with Crippen molar-refractivity contribution < 1.29 is 4.74 Å². The molecule has 0 fully saturated rings. The molecule has 0 saturated heterocycles. The van der Waals surface area contributed by atoms with Gasteiger partial charge in [-0.15, -0.1) is 11.3 Å². The fourth-order valence-corrected chi connectivity index (χ4v) is 5.53. The van der Waals surface area contributed by atoms with Crippen molar-refractivity contribution in [1.82, 2.24) is 24.9 Å². The highest BCUT2D eigenvalue weighted by molar-refractivity contribution is 7.10. The summed E-state index contributed by atoms with van der Waals surface area (Å²) in [6, 6.07) is 20.4. The van der Waals surface area contributed by atoms with Crippen LogP contribution < -0.4 is 10.1 Å². The van der Waals surface area contributed by atoms with E-state index in [9.17, 15) is 0 Å². The molecule has 7 rings (SSSR count). The van der Waals surface area contributed by atoms with E-state index in [0.717, 1.165) is 72.5 Å². The second kappa shape index (κ2) is 8.93. The average molecular weight is 515 g/mol. The van der Waals surface area contributed by atoms with Crippen LogP contribution in [0.5, 0.6) is 11.6 Å². The number of ether oxygens (including phenoxy) is 1. The Hall–Kier alpha value is -4.82. The SMILES string of the molecule is C=Cc1nc(-c2ccc(-c3[nH]c4ncnc5c4c3-c3ccc(Oc4cccc(C)n4)cc3CN5)cc2)cs1. The number of anilines is 1. The van der Waals surface area contributed by atoms with Crippen molar-refractivity contribution in [2.45, 2.75) is 13.5 Å². The van der Waals surface area contributed by atoms with Crippen molar-refractivity contribution in [3.8, 4) is 45.3 Å². The largest absolute Gasteiger partial charge is 0.439 e. The molecule has 0 radical (unpaired) electrons. The maximum absolute atomic E-state index is 6.09. The van der Waals surface area contributed by atoms with Gasteiger partial charge in [-0.2, -0.15) is 0 Å². The van der Waals surface area contributed by atoms with E-state index in [1.54, 1.807) is 23.7 Å². The van der Waals surface area contributed by atoms with Gasteiger partial charge in [-0.1, -0.05) is 43.0 Å². The van der Waals surface area contributed by atoms with Gasteiger partial charge in [0.2, 0.25) is 5.88 Å².